The summed E-state index contributed by atoms with van der Waals surface area (Å²) in [5.74, 6) is 0.686. The molecule has 2 aliphatic rings. The highest BCUT2D eigenvalue weighted by Crippen LogP contribution is 2.45. The molecule has 3 heteroatoms. The van der Waals surface area contributed by atoms with E-state index in [1.54, 1.807) is 0 Å². The summed E-state index contributed by atoms with van der Waals surface area (Å²) >= 11 is 0. The van der Waals surface area contributed by atoms with Gasteiger partial charge < -0.3 is 4.74 Å². The van der Waals surface area contributed by atoms with Gasteiger partial charge in [0.2, 0.25) is 0 Å². The highest BCUT2D eigenvalue weighted by atomic mass is 16.5. The Bertz CT molecular complexity index is 263. The molecule has 0 bridgehead atoms. The Morgan fingerprint density at radius 3 is 2.38 bits per heavy atom. The summed E-state index contributed by atoms with van der Waals surface area (Å²) < 4.78 is 5.36. The van der Waals surface area contributed by atoms with Crippen molar-refractivity contribution >= 4 is 7.85 Å². The van der Waals surface area contributed by atoms with Crippen LogP contribution in [0.2, 0.25) is 5.31 Å². The minimum absolute atomic E-state index is 0.0494. The van der Waals surface area contributed by atoms with Crippen LogP contribution in [0.15, 0.2) is 0 Å². The van der Waals surface area contributed by atoms with Crippen LogP contribution >= 0.6 is 0 Å². The molecule has 0 N–H and O–H groups in total. The van der Waals surface area contributed by atoms with Gasteiger partial charge in [-0.05, 0) is 26.3 Å². The molecule has 0 aromatic carbocycles. The number of hydrogen-bond donors (Lipinski definition) is 0. The summed E-state index contributed by atoms with van der Waals surface area (Å²) in [5.41, 5.74) is 0.265. The van der Waals surface area contributed by atoms with Gasteiger partial charge in [0, 0.05) is 6.04 Å². The molecule has 3 unspecified atom stereocenters. The van der Waals surface area contributed by atoms with Gasteiger partial charge in [0.05, 0.1) is 26.6 Å². The number of hydrogen-bond acceptors (Lipinski definition) is 2. The maximum absolute atomic E-state index is 6.24. The smallest absolute Gasteiger partial charge is 0.0742 e. The average Bonchev–Trinajstić information content (AvgIpc) is 2.12. The summed E-state index contributed by atoms with van der Waals surface area (Å²) in [5, 5.41) is 0.0494. The summed E-state index contributed by atoms with van der Waals surface area (Å²) in [7, 11) is 8.50. The second-order valence-electron chi connectivity index (χ2n) is 6.54. The first-order chi connectivity index (χ1) is 7.34. The Labute approximate surface area is 101 Å². The van der Waals surface area contributed by atoms with Crippen molar-refractivity contribution in [1.29, 1.82) is 0 Å². The van der Waals surface area contributed by atoms with E-state index in [1.807, 2.05) is 0 Å². The van der Waals surface area contributed by atoms with Crippen molar-refractivity contribution in [3.05, 3.63) is 0 Å². The number of ether oxygens (including phenoxy) is 1. The second-order valence-corrected chi connectivity index (χ2v) is 6.54. The van der Waals surface area contributed by atoms with Crippen molar-refractivity contribution in [1.82, 2.24) is 4.90 Å². The molecular formula is C13H24BNO. The van der Waals surface area contributed by atoms with Gasteiger partial charge in [-0.2, -0.15) is 0 Å². The van der Waals surface area contributed by atoms with E-state index >= 15 is 0 Å². The lowest BCUT2D eigenvalue weighted by Gasteiger charge is -2.53. The normalized spacial score (nSPS) is 43.1. The van der Waals surface area contributed by atoms with E-state index in [4.69, 9.17) is 12.6 Å². The van der Waals surface area contributed by atoms with Crippen LogP contribution in [0, 0.1) is 5.92 Å². The molecule has 0 amide bonds. The minimum atomic E-state index is 0.0494. The first-order valence-electron chi connectivity index (χ1n) is 6.44. The molecule has 0 aromatic heterocycles. The molecule has 16 heavy (non-hydrogen) atoms. The second kappa shape index (κ2) is 4.02. The van der Waals surface area contributed by atoms with Crippen LogP contribution < -0.4 is 0 Å². The van der Waals surface area contributed by atoms with Gasteiger partial charge in [-0.15, -0.1) is 0 Å². The van der Waals surface area contributed by atoms with Crippen LogP contribution in [-0.4, -0.2) is 44.6 Å². The zero-order valence-electron chi connectivity index (χ0n) is 11.1. The SMILES string of the molecule is [B]C1(C)CCC(N(C)C2(C)COC2)C(C)C1. The van der Waals surface area contributed by atoms with Crippen LogP contribution in [0.3, 0.4) is 0 Å². The van der Waals surface area contributed by atoms with Crippen LogP contribution in [0.4, 0.5) is 0 Å². The van der Waals surface area contributed by atoms with Crippen molar-refractivity contribution in [2.24, 2.45) is 5.92 Å². The third kappa shape index (κ3) is 2.17. The van der Waals surface area contributed by atoms with E-state index in [9.17, 15) is 0 Å². The average molecular weight is 221 g/mol. The fourth-order valence-corrected chi connectivity index (χ4v) is 3.31. The Morgan fingerprint density at radius 2 is 1.94 bits per heavy atom. The Balaban J connectivity index is 2.00. The summed E-state index contributed by atoms with van der Waals surface area (Å²) in [6.45, 7) is 8.60. The highest BCUT2D eigenvalue weighted by molar-refractivity contribution is 6.14. The van der Waals surface area contributed by atoms with Crippen LogP contribution in [0.5, 0.6) is 0 Å². The van der Waals surface area contributed by atoms with E-state index in [2.05, 4.69) is 32.7 Å². The quantitative estimate of drug-likeness (QED) is 0.663. The first kappa shape index (κ1) is 12.4. The molecule has 90 valence electrons. The fourth-order valence-electron chi connectivity index (χ4n) is 3.31. The first-order valence-corrected chi connectivity index (χ1v) is 6.44. The van der Waals surface area contributed by atoms with Crippen molar-refractivity contribution < 1.29 is 4.74 Å². The molecule has 3 atom stereocenters. The van der Waals surface area contributed by atoms with Crippen LogP contribution in [0.25, 0.3) is 0 Å². The van der Waals surface area contributed by atoms with Crippen molar-refractivity contribution in [3.8, 4) is 0 Å². The molecule has 0 spiro atoms. The van der Waals surface area contributed by atoms with E-state index in [-0.39, 0.29) is 10.9 Å². The largest absolute Gasteiger partial charge is 0.377 e. The molecule has 0 aromatic rings. The summed E-state index contributed by atoms with van der Waals surface area (Å²) in [4.78, 5) is 2.54. The van der Waals surface area contributed by atoms with E-state index in [0.29, 0.717) is 12.0 Å². The predicted octanol–water partition coefficient (Wildman–Crippen LogP) is 2.24. The van der Waals surface area contributed by atoms with Crippen LogP contribution in [-0.2, 0) is 4.74 Å². The monoisotopic (exact) mass is 221 g/mol. The van der Waals surface area contributed by atoms with Crippen LogP contribution in [0.1, 0.15) is 40.0 Å². The molecule has 2 rings (SSSR count). The molecule has 1 aliphatic heterocycles. The lowest BCUT2D eigenvalue weighted by atomic mass is 9.58. The van der Waals surface area contributed by atoms with Crippen molar-refractivity contribution in [2.45, 2.75) is 56.9 Å². The van der Waals surface area contributed by atoms with Gasteiger partial charge in [-0.1, -0.05) is 32.0 Å². The molecule has 2 nitrogen and oxygen atoms in total. The summed E-state index contributed by atoms with van der Waals surface area (Å²) in [6.07, 6.45) is 3.50. The predicted molar refractivity (Wildman–Crippen MR) is 67.9 cm³/mol. The molecule has 1 aliphatic carbocycles. The number of nitrogens with zero attached hydrogens (tertiary/aromatic N) is 1. The fraction of sp³-hybridized carbons (Fsp3) is 1.00. The van der Waals surface area contributed by atoms with E-state index < -0.39 is 0 Å². The lowest BCUT2D eigenvalue weighted by Crippen LogP contribution is -2.63. The molecule has 1 heterocycles. The van der Waals surface area contributed by atoms with Gasteiger partial charge >= 0.3 is 0 Å². The van der Waals surface area contributed by atoms with Crippen molar-refractivity contribution in [2.75, 3.05) is 20.3 Å². The maximum Gasteiger partial charge on any atom is 0.0742 e. The third-order valence-electron chi connectivity index (χ3n) is 4.63. The summed E-state index contributed by atoms with van der Waals surface area (Å²) in [6, 6.07) is 0.672. The lowest BCUT2D eigenvalue weighted by molar-refractivity contribution is -0.144. The van der Waals surface area contributed by atoms with Crippen molar-refractivity contribution in [3.63, 3.8) is 0 Å². The van der Waals surface area contributed by atoms with Gasteiger partial charge in [-0.25, -0.2) is 0 Å². The van der Waals surface area contributed by atoms with E-state index in [1.165, 1.54) is 6.42 Å². The zero-order valence-corrected chi connectivity index (χ0v) is 11.1. The van der Waals surface area contributed by atoms with E-state index in [0.717, 1.165) is 26.1 Å². The number of rotatable bonds is 2. The van der Waals surface area contributed by atoms with Gasteiger partial charge in [0.15, 0.2) is 0 Å². The molecule has 1 saturated heterocycles. The molecular weight excluding hydrogens is 197 g/mol. The highest BCUT2D eigenvalue weighted by Gasteiger charge is 2.44. The number of likely N-dealkylation sites (N-methyl/N-ethyl adjacent to an activating group) is 1. The molecule has 2 fully saturated rings. The topological polar surface area (TPSA) is 12.5 Å². The molecule has 2 radical (unpaired) electrons. The Hall–Kier alpha value is -0.0151. The maximum atomic E-state index is 6.24. The standard InChI is InChI=1S/C13H24BNO/c1-10-7-12(2,14)6-5-11(10)15(4)13(3)8-16-9-13/h10-11H,5-9H2,1-4H3. The zero-order chi connectivity index (χ0) is 12.0. The van der Waals surface area contributed by atoms with Gasteiger partial charge in [0.25, 0.3) is 0 Å². The Morgan fingerprint density at radius 1 is 1.31 bits per heavy atom. The third-order valence-corrected chi connectivity index (χ3v) is 4.63. The molecule has 1 saturated carbocycles. The van der Waals surface area contributed by atoms with Gasteiger partial charge in [-0.3, -0.25) is 4.90 Å². The minimum Gasteiger partial charge on any atom is -0.377 e. The van der Waals surface area contributed by atoms with Gasteiger partial charge in [0.1, 0.15) is 0 Å². The Kier molecular flexibility index (Phi) is 3.13.